The third-order valence-electron chi connectivity index (χ3n) is 6.41. The molecule has 1 aromatic rings. The molecule has 6 heteroatoms. The Kier molecular flexibility index (Phi) is 4.53. The maximum Gasteiger partial charge on any atom is 0.257 e. The number of nitrogens with zero attached hydrogens (tertiary/aromatic N) is 4. The van der Waals surface area contributed by atoms with E-state index in [0.717, 1.165) is 56.9 Å². The van der Waals surface area contributed by atoms with Gasteiger partial charge >= 0.3 is 0 Å². The molecule has 0 aromatic carbocycles. The molecular weight excluding hydrogens is 328 g/mol. The molecule has 1 atom stereocenters. The van der Waals surface area contributed by atoms with Crippen molar-refractivity contribution < 1.29 is 9.59 Å². The van der Waals surface area contributed by atoms with Gasteiger partial charge in [-0.05, 0) is 51.4 Å². The van der Waals surface area contributed by atoms with Crippen LogP contribution in [-0.2, 0) is 11.3 Å². The molecule has 4 rings (SSSR count). The normalized spacial score (nSPS) is 26.2. The van der Waals surface area contributed by atoms with Gasteiger partial charge in [-0.15, -0.1) is 0 Å². The van der Waals surface area contributed by atoms with Crippen molar-refractivity contribution in [2.45, 2.75) is 58.9 Å². The number of hydrogen-bond donors (Lipinski definition) is 0. The average Bonchev–Trinajstić information content (AvgIpc) is 3.23. The van der Waals surface area contributed by atoms with Gasteiger partial charge in [0, 0.05) is 38.4 Å². The number of carbonyl (C=O) groups excluding carboxylic acids is 2. The van der Waals surface area contributed by atoms with Crippen LogP contribution in [0.15, 0.2) is 6.20 Å². The fourth-order valence-corrected chi connectivity index (χ4v) is 4.63. The summed E-state index contributed by atoms with van der Waals surface area (Å²) in [6.45, 7) is 7.98. The molecule has 2 aliphatic heterocycles. The molecule has 1 saturated carbocycles. The summed E-state index contributed by atoms with van der Waals surface area (Å²) in [7, 11) is 0. The molecular formula is C20H30N4O2. The second-order valence-electron chi connectivity index (χ2n) is 8.42. The third kappa shape index (κ3) is 3.03. The first-order chi connectivity index (χ1) is 12.5. The summed E-state index contributed by atoms with van der Waals surface area (Å²) < 4.78 is 1.90. The van der Waals surface area contributed by atoms with E-state index in [2.05, 4.69) is 16.9 Å². The van der Waals surface area contributed by atoms with Crippen LogP contribution in [0.25, 0.3) is 0 Å². The van der Waals surface area contributed by atoms with Crippen LogP contribution in [-0.4, -0.2) is 57.6 Å². The first-order valence-electron chi connectivity index (χ1n) is 10.1. The molecule has 1 aliphatic carbocycles. The number of amides is 2. The van der Waals surface area contributed by atoms with E-state index in [1.807, 2.05) is 16.5 Å². The quantitative estimate of drug-likeness (QED) is 0.812. The minimum absolute atomic E-state index is 0.0360. The van der Waals surface area contributed by atoms with Gasteiger partial charge in [0.2, 0.25) is 5.91 Å². The van der Waals surface area contributed by atoms with Gasteiger partial charge in [0.25, 0.3) is 5.91 Å². The van der Waals surface area contributed by atoms with Crippen LogP contribution in [0.5, 0.6) is 0 Å². The van der Waals surface area contributed by atoms with E-state index in [-0.39, 0.29) is 11.3 Å². The van der Waals surface area contributed by atoms with Crippen LogP contribution < -0.4 is 0 Å². The van der Waals surface area contributed by atoms with Crippen LogP contribution >= 0.6 is 0 Å². The van der Waals surface area contributed by atoms with E-state index in [9.17, 15) is 9.59 Å². The van der Waals surface area contributed by atoms with Crippen molar-refractivity contribution in [2.24, 2.45) is 11.3 Å². The maximum atomic E-state index is 13.1. The van der Waals surface area contributed by atoms with Gasteiger partial charge < -0.3 is 9.80 Å². The van der Waals surface area contributed by atoms with E-state index in [1.54, 1.807) is 6.20 Å². The van der Waals surface area contributed by atoms with Crippen molar-refractivity contribution in [2.75, 3.05) is 26.2 Å². The Morgan fingerprint density at radius 3 is 2.85 bits per heavy atom. The minimum Gasteiger partial charge on any atom is -0.342 e. The molecule has 6 nitrogen and oxygen atoms in total. The zero-order valence-electron chi connectivity index (χ0n) is 16.0. The summed E-state index contributed by atoms with van der Waals surface area (Å²) >= 11 is 0. The van der Waals surface area contributed by atoms with Crippen molar-refractivity contribution >= 4 is 11.8 Å². The van der Waals surface area contributed by atoms with Gasteiger partial charge in [-0.2, -0.15) is 5.10 Å². The van der Waals surface area contributed by atoms with Crippen LogP contribution in [0, 0.1) is 18.3 Å². The molecule has 1 spiro atoms. The van der Waals surface area contributed by atoms with Crippen molar-refractivity contribution in [3.8, 4) is 0 Å². The maximum absolute atomic E-state index is 13.1. The Hall–Kier alpha value is -1.85. The smallest absolute Gasteiger partial charge is 0.257 e. The van der Waals surface area contributed by atoms with Crippen molar-refractivity contribution in [1.82, 2.24) is 19.6 Å². The molecule has 3 aliphatic rings. The fraction of sp³-hybridized carbons (Fsp3) is 0.750. The van der Waals surface area contributed by atoms with Crippen molar-refractivity contribution in [3.05, 3.63) is 17.5 Å². The van der Waals surface area contributed by atoms with E-state index in [0.29, 0.717) is 24.6 Å². The molecule has 0 bridgehead atoms. The molecule has 2 amide bonds. The predicted octanol–water partition coefficient (Wildman–Crippen LogP) is 2.47. The SMILES string of the molecule is CCCn1ncc(C(=O)N2CC[C@@]3(CCCN(CC4CC4)C3=O)C2)c1C. The largest absolute Gasteiger partial charge is 0.342 e. The monoisotopic (exact) mass is 358 g/mol. The molecule has 2 saturated heterocycles. The van der Waals surface area contributed by atoms with Crippen molar-refractivity contribution in [1.29, 1.82) is 0 Å². The molecule has 0 radical (unpaired) electrons. The summed E-state index contributed by atoms with van der Waals surface area (Å²) in [5.41, 5.74) is 1.28. The Morgan fingerprint density at radius 2 is 2.12 bits per heavy atom. The summed E-state index contributed by atoms with van der Waals surface area (Å²) in [5.74, 6) is 1.05. The second kappa shape index (κ2) is 6.71. The molecule has 3 heterocycles. The Morgan fingerprint density at radius 1 is 1.31 bits per heavy atom. The average molecular weight is 358 g/mol. The summed E-state index contributed by atoms with van der Waals surface area (Å²) in [6.07, 6.45) is 8.01. The van der Waals surface area contributed by atoms with Gasteiger partial charge in [0.15, 0.2) is 0 Å². The van der Waals surface area contributed by atoms with Crippen LogP contribution in [0.2, 0.25) is 0 Å². The standard InChI is InChI=1S/C20H30N4O2/c1-3-9-24-15(2)17(12-21-24)18(25)23-11-8-20(14-23)7-4-10-22(19(20)26)13-16-5-6-16/h12,16H,3-11,13-14H2,1-2H3/t20-/m0/s1. The number of likely N-dealkylation sites (tertiary alicyclic amines) is 2. The zero-order valence-corrected chi connectivity index (χ0v) is 16.0. The molecule has 142 valence electrons. The van der Waals surface area contributed by atoms with Crippen molar-refractivity contribution in [3.63, 3.8) is 0 Å². The highest BCUT2D eigenvalue weighted by Gasteiger charge is 2.50. The third-order valence-corrected chi connectivity index (χ3v) is 6.41. The Bertz CT molecular complexity index is 709. The Balaban J connectivity index is 1.47. The molecule has 0 unspecified atom stereocenters. The van der Waals surface area contributed by atoms with Crippen LogP contribution in [0.4, 0.5) is 0 Å². The fourth-order valence-electron chi connectivity index (χ4n) is 4.63. The minimum atomic E-state index is -0.337. The predicted molar refractivity (Wildman–Crippen MR) is 98.7 cm³/mol. The van der Waals surface area contributed by atoms with E-state index in [4.69, 9.17) is 0 Å². The summed E-state index contributed by atoms with van der Waals surface area (Å²) in [6, 6.07) is 0. The number of aryl methyl sites for hydroxylation is 1. The Labute approximate surface area is 155 Å². The lowest BCUT2D eigenvalue weighted by atomic mass is 9.78. The molecule has 1 aromatic heterocycles. The zero-order chi connectivity index (χ0) is 18.3. The van der Waals surface area contributed by atoms with E-state index >= 15 is 0 Å². The molecule has 26 heavy (non-hydrogen) atoms. The number of piperidine rings is 1. The first kappa shape index (κ1) is 17.6. The van der Waals surface area contributed by atoms with Gasteiger partial charge in [-0.3, -0.25) is 14.3 Å². The van der Waals surface area contributed by atoms with Gasteiger partial charge in [0.05, 0.1) is 17.2 Å². The second-order valence-corrected chi connectivity index (χ2v) is 8.42. The van der Waals surface area contributed by atoms with E-state index < -0.39 is 0 Å². The highest BCUT2D eigenvalue weighted by Crippen LogP contribution is 2.42. The highest BCUT2D eigenvalue weighted by molar-refractivity contribution is 5.96. The summed E-state index contributed by atoms with van der Waals surface area (Å²) in [4.78, 5) is 30.2. The van der Waals surface area contributed by atoms with Crippen LogP contribution in [0.3, 0.4) is 0 Å². The number of carbonyl (C=O) groups is 2. The topological polar surface area (TPSA) is 58.4 Å². The molecule has 0 N–H and O–H groups in total. The molecule has 3 fully saturated rings. The van der Waals surface area contributed by atoms with Gasteiger partial charge in [-0.25, -0.2) is 0 Å². The number of aromatic nitrogens is 2. The first-order valence-corrected chi connectivity index (χ1v) is 10.1. The highest BCUT2D eigenvalue weighted by atomic mass is 16.2. The summed E-state index contributed by atoms with van der Waals surface area (Å²) in [5, 5.41) is 4.36. The van der Waals surface area contributed by atoms with E-state index in [1.165, 1.54) is 12.8 Å². The number of hydrogen-bond acceptors (Lipinski definition) is 3. The van der Waals surface area contributed by atoms with Gasteiger partial charge in [0.1, 0.15) is 0 Å². The van der Waals surface area contributed by atoms with Gasteiger partial charge in [-0.1, -0.05) is 6.92 Å². The lowest BCUT2D eigenvalue weighted by molar-refractivity contribution is -0.145. The lowest BCUT2D eigenvalue weighted by Gasteiger charge is -2.39. The van der Waals surface area contributed by atoms with Crippen LogP contribution in [0.1, 0.15) is 61.5 Å². The number of rotatable bonds is 5. The lowest BCUT2D eigenvalue weighted by Crippen LogP contribution is -2.51.